The number of sulfonamides is 1. The van der Waals surface area contributed by atoms with E-state index in [4.69, 9.17) is 28.4 Å². The first kappa shape index (κ1) is 43.4. The molecule has 16 heteroatoms. The summed E-state index contributed by atoms with van der Waals surface area (Å²) in [6.45, 7) is 13.8. The molecule has 0 aliphatic carbocycles. The molecule has 0 saturated carbocycles. The maximum atomic E-state index is 14.5. The second-order valence-corrected chi connectivity index (χ2v) is 18.4. The van der Waals surface area contributed by atoms with E-state index in [-0.39, 0.29) is 48.9 Å². The Hall–Kier alpha value is -2.70. The lowest BCUT2D eigenvalue weighted by Gasteiger charge is -2.48. The number of nitrogens with one attached hydrogen (secondary N) is 2. The number of rotatable bonds is 7. The van der Waals surface area contributed by atoms with Gasteiger partial charge < -0.3 is 43.7 Å². The Balaban J connectivity index is 1.63. The van der Waals surface area contributed by atoms with Crippen molar-refractivity contribution in [1.29, 1.82) is 0 Å². The van der Waals surface area contributed by atoms with Gasteiger partial charge in [0.1, 0.15) is 18.0 Å². The lowest BCUT2D eigenvalue weighted by molar-refractivity contribution is -0.302. The van der Waals surface area contributed by atoms with E-state index in [1.807, 2.05) is 39.8 Å². The summed E-state index contributed by atoms with van der Waals surface area (Å²) in [4.78, 5) is 43.5. The van der Waals surface area contributed by atoms with Crippen LogP contribution < -0.4 is 10.0 Å². The van der Waals surface area contributed by atoms with Crippen LogP contribution in [-0.2, 0) is 48.0 Å². The highest BCUT2D eigenvalue weighted by atomic mass is 32.2. The van der Waals surface area contributed by atoms with E-state index in [2.05, 4.69) is 10.0 Å². The van der Waals surface area contributed by atoms with Crippen LogP contribution in [0.1, 0.15) is 74.7 Å². The first-order valence-corrected chi connectivity index (χ1v) is 20.9. The molecule has 1 aromatic carbocycles. The van der Waals surface area contributed by atoms with E-state index in [0.717, 1.165) is 0 Å². The fourth-order valence-electron chi connectivity index (χ4n) is 9.08. The van der Waals surface area contributed by atoms with Crippen LogP contribution in [0.25, 0.3) is 0 Å². The van der Waals surface area contributed by atoms with Gasteiger partial charge in [-0.25, -0.2) is 17.9 Å². The highest BCUT2D eigenvalue weighted by Crippen LogP contribution is 2.42. The van der Waals surface area contributed by atoms with Gasteiger partial charge in [-0.3, -0.25) is 9.59 Å². The van der Waals surface area contributed by atoms with Gasteiger partial charge in [-0.05, 0) is 73.2 Å². The summed E-state index contributed by atoms with van der Waals surface area (Å²) in [5, 5.41) is 14.4. The number of Topliss-reactive ketones (excluding diaryl/α,β-unsaturated/α-hetero) is 1. The van der Waals surface area contributed by atoms with E-state index in [0.29, 0.717) is 6.42 Å². The van der Waals surface area contributed by atoms with E-state index < -0.39 is 99.7 Å². The summed E-state index contributed by atoms with van der Waals surface area (Å²) in [5.74, 6) is -3.94. The van der Waals surface area contributed by atoms with Crippen LogP contribution in [0.2, 0.25) is 0 Å². The third-order valence-electron chi connectivity index (χ3n) is 12.1. The summed E-state index contributed by atoms with van der Waals surface area (Å²) in [5.41, 5.74) is -2.72. The van der Waals surface area contributed by atoms with Crippen LogP contribution in [0.5, 0.6) is 0 Å². The summed E-state index contributed by atoms with van der Waals surface area (Å²) in [6.07, 6.45) is -5.11. The fourth-order valence-corrected chi connectivity index (χ4v) is 10.3. The molecule has 4 saturated heterocycles. The van der Waals surface area contributed by atoms with Gasteiger partial charge in [0.15, 0.2) is 11.9 Å². The number of amides is 1. The minimum Gasteiger partial charge on any atom is -0.458 e. The van der Waals surface area contributed by atoms with Gasteiger partial charge in [0.2, 0.25) is 10.0 Å². The fraction of sp³-hybridized carbons (Fsp3) is 0.769. The number of aliphatic hydroxyl groups excluding tert-OH is 1. The maximum Gasteiger partial charge on any atom is 0.408 e. The standard InChI is InChI=1S/C39H61N3O12S/c1-11-29-39(8)33(40-37(46)54-39)23(4)30(43)21(2)18-38(7)34(53-36-31(44)28(42(9)10)17-22(3)51-36)24(5)32(25(6)35(45)52-29)49-19-26(20-50-38)41-55(47,48)27-15-13-12-14-16-27/h12-16,21-26,28-29,31-34,36,41,44H,11,17-20H2,1-10H3,(H,40,46)/t21-,22-,23+,24-,25-,26?,28+,29-,31-,32+,33+,34-,36+,38-,39-/m1/s1. The minimum atomic E-state index is -4.04. The molecule has 15 atom stereocenters. The second-order valence-electron chi connectivity index (χ2n) is 16.7. The van der Waals surface area contributed by atoms with E-state index in [9.17, 15) is 27.9 Å². The molecule has 15 nitrogen and oxygen atoms in total. The molecule has 1 amide bonds. The van der Waals surface area contributed by atoms with Gasteiger partial charge in [-0.2, -0.15) is 0 Å². The largest absolute Gasteiger partial charge is 0.458 e. The van der Waals surface area contributed by atoms with E-state index >= 15 is 0 Å². The average molecular weight is 796 g/mol. The van der Waals surface area contributed by atoms with Crippen molar-refractivity contribution >= 4 is 27.9 Å². The van der Waals surface area contributed by atoms with Crippen LogP contribution >= 0.6 is 0 Å². The Morgan fingerprint density at radius 3 is 2.33 bits per heavy atom. The molecule has 1 unspecified atom stereocenters. The molecule has 0 radical (unpaired) electrons. The third kappa shape index (κ3) is 9.06. The molecule has 55 heavy (non-hydrogen) atoms. The number of nitrogens with zero attached hydrogens (tertiary/aromatic N) is 1. The number of ketones is 1. The monoisotopic (exact) mass is 795 g/mol. The second kappa shape index (κ2) is 17.0. The number of ether oxygens (including phenoxy) is 6. The molecule has 0 spiro atoms. The number of hydrogen-bond acceptors (Lipinski definition) is 13. The molecule has 3 N–H and O–H groups in total. The van der Waals surface area contributed by atoms with Crippen molar-refractivity contribution in [2.75, 3.05) is 27.3 Å². The van der Waals surface area contributed by atoms with E-state index in [1.165, 1.54) is 12.1 Å². The van der Waals surface area contributed by atoms with Crippen molar-refractivity contribution in [3.05, 3.63) is 30.3 Å². The number of fused-ring (bicyclic) bond motifs is 4. The van der Waals surface area contributed by atoms with Crippen LogP contribution in [0.4, 0.5) is 4.79 Å². The Morgan fingerprint density at radius 1 is 1.02 bits per heavy atom. The number of carbonyl (C=O) groups is 3. The first-order valence-electron chi connectivity index (χ1n) is 19.4. The van der Waals surface area contributed by atoms with E-state index in [1.54, 1.807) is 52.8 Å². The zero-order valence-electron chi connectivity index (χ0n) is 33.7. The van der Waals surface area contributed by atoms with Crippen molar-refractivity contribution in [2.24, 2.45) is 23.7 Å². The molecule has 5 rings (SSSR count). The predicted molar refractivity (Wildman–Crippen MR) is 200 cm³/mol. The number of hydrogen-bond donors (Lipinski definition) is 3. The number of esters is 1. The molecule has 4 aliphatic heterocycles. The first-order chi connectivity index (χ1) is 25.7. The SMILES string of the molecule is CC[C@H]1OC(=O)[C@H](C)[C@H]2OCC(NS(=O)(=O)c3ccccc3)CO[C@](C)(C[C@@H](C)C(=O)[C@H](C)[C@@H]3NC(=O)O[C@]13C)[C@H](O[C@@H]1O[C@H](C)C[C@H](N(C)C)[C@H]1O)[C@@H]2C. The van der Waals surface area contributed by atoms with Crippen LogP contribution in [0, 0.1) is 23.7 Å². The Morgan fingerprint density at radius 2 is 1.69 bits per heavy atom. The molecule has 4 fully saturated rings. The topological polar surface area (TPSA) is 188 Å². The van der Waals surface area contributed by atoms with Gasteiger partial charge in [0.05, 0.1) is 60.0 Å². The number of cyclic esters (lactones) is 1. The van der Waals surface area contributed by atoms with Crippen molar-refractivity contribution < 1.29 is 56.3 Å². The summed E-state index contributed by atoms with van der Waals surface area (Å²) < 4.78 is 68.4. The predicted octanol–water partition coefficient (Wildman–Crippen LogP) is 3.02. The van der Waals surface area contributed by atoms with Crippen LogP contribution in [0.3, 0.4) is 0 Å². The Labute approximate surface area is 325 Å². The van der Waals surface area contributed by atoms with Gasteiger partial charge in [0, 0.05) is 23.8 Å². The van der Waals surface area contributed by atoms with Gasteiger partial charge in [0.25, 0.3) is 0 Å². The third-order valence-corrected chi connectivity index (χ3v) is 13.7. The van der Waals surface area contributed by atoms with Gasteiger partial charge in [-0.1, -0.05) is 45.9 Å². The molecular weight excluding hydrogens is 735 g/mol. The number of likely N-dealkylation sites (N-methyl/N-ethyl adjacent to an activating group) is 1. The number of aliphatic hydroxyl groups is 1. The number of benzene rings is 1. The summed E-state index contributed by atoms with van der Waals surface area (Å²) in [7, 11) is -0.296. The van der Waals surface area contributed by atoms with Crippen molar-refractivity contribution in [3.63, 3.8) is 0 Å². The molecule has 4 heterocycles. The number of alkyl carbamates (subject to hydrolysis) is 1. The normalized spacial score (nSPS) is 42.3. The summed E-state index contributed by atoms with van der Waals surface area (Å²) in [6, 6.07) is 5.88. The average Bonchev–Trinajstić information content (AvgIpc) is 3.46. The smallest absolute Gasteiger partial charge is 0.408 e. The van der Waals surface area contributed by atoms with Crippen molar-refractivity contribution in [1.82, 2.24) is 14.9 Å². The number of carbonyl (C=O) groups excluding carboxylic acids is 3. The Bertz CT molecular complexity index is 1630. The van der Waals surface area contributed by atoms with Crippen LogP contribution in [0.15, 0.2) is 35.2 Å². The molecule has 2 bridgehead atoms. The van der Waals surface area contributed by atoms with Crippen molar-refractivity contribution in [3.8, 4) is 0 Å². The zero-order chi connectivity index (χ0) is 40.6. The quantitative estimate of drug-likeness (QED) is 0.342. The summed E-state index contributed by atoms with van der Waals surface area (Å²) >= 11 is 0. The molecule has 310 valence electrons. The molecule has 0 aromatic heterocycles. The zero-order valence-corrected chi connectivity index (χ0v) is 34.5. The maximum absolute atomic E-state index is 14.5. The van der Waals surface area contributed by atoms with Gasteiger partial charge in [-0.15, -0.1) is 0 Å². The minimum absolute atomic E-state index is 0.0549. The molecular formula is C39H61N3O12S. The molecule has 4 aliphatic rings. The van der Waals surface area contributed by atoms with Crippen LogP contribution in [-0.4, -0.2) is 130 Å². The molecule has 1 aromatic rings. The lowest BCUT2D eigenvalue weighted by atomic mass is 9.73. The highest BCUT2D eigenvalue weighted by molar-refractivity contribution is 7.89. The van der Waals surface area contributed by atoms with Crippen molar-refractivity contribution in [2.45, 2.75) is 146 Å². The lowest BCUT2D eigenvalue weighted by Crippen LogP contribution is -2.60. The van der Waals surface area contributed by atoms with Gasteiger partial charge >= 0.3 is 12.1 Å². The Kier molecular flexibility index (Phi) is 13.4. The highest BCUT2D eigenvalue weighted by Gasteiger charge is 2.58.